The number of benzene rings is 2. The van der Waals surface area contributed by atoms with Crippen LogP contribution in [-0.4, -0.2) is 82.1 Å². The van der Waals surface area contributed by atoms with Crippen LogP contribution in [0.3, 0.4) is 0 Å². The number of aliphatic hydroxyl groups is 2. The first-order valence-electron chi connectivity index (χ1n) is 14.3. The van der Waals surface area contributed by atoms with Gasteiger partial charge in [0, 0.05) is 77.3 Å². The molecule has 1 amide bonds. The number of hydrogen-bond acceptors (Lipinski definition) is 7. The molecule has 3 heterocycles. The van der Waals surface area contributed by atoms with Crippen LogP contribution in [0.5, 0.6) is 0 Å². The molecule has 232 valence electrons. The average molecular weight is 671 g/mol. The Morgan fingerprint density at radius 3 is 2.28 bits per heavy atom. The lowest BCUT2D eigenvalue weighted by molar-refractivity contribution is -0.118. The number of carbonyl (C=O) groups is 1. The Labute approximate surface area is 268 Å². The Balaban J connectivity index is 1.39. The lowest BCUT2D eigenvalue weighted by Crippen LogP contribution is -2.66. The molecule has 0 aliphatic carbocycles. The number of likely N-dealkylation sites (tertiary alicyclic amines) is 2. The summed E-state index contributed by atoms with van der Waals surface area (Å²) in [5.41, 5.74) is 7.80. The lowest BCUT2D eigenvalue weighted by atomic mass is 9.82. The maximum atomic E-state index is 13.9. The third-order valence-electron chi connectivity index (χ3n) is 8.45. The van der Waals surface area contributed by atoms with Crippen molar-refractivity contribution in [3.8, 4) is 21.6 Å². The zero-order valence-electron chi connectivity index (χ0n) is 23.6. The van der Waals surface area contributed by atoms with Crippen LogP contribution in [0.4, 0.5) is 8.78 Å². The maximum Gasteiger partial charge on any atom is 0.263 e. The first kappa shape index (κ1) is 32.6. The smallest absolute Gasteiger partial charge is 0.263 e. The summed E-state index contributed by atoms with van der Waals surface area (Å²) in [5.74, 6) is -2.01. The molecule has 0 bridgehead atoms. The molecule has 2 aliphatic heterocycles. The van der Waals surface area contributed by atoms with Crippen LogP contribution >= 0.6 is 46.3 Å². The zero-order chi connectivity index (χ0) is 30.8. The Morgan fingerprint density at radius 1 is 1.00 bits per heavy atom. The molecule has 5 rings (SSSR count). The van der Waals surface area contributed by atoms with Gasteiger partial charge < -0.3 is 20.8 Å². The molecule has 2 fully saturated rings. The highest BCUT2D eigenvalue weighted by molar-refractivity contribution is 7.99. The molecule has 0 spiro atoms. The number of rotatable bonds is 9. The second-order valence-corrected chi connectivity index (χ2v) is 14.2. The van der Waals surface area contributed by atoms with Gasteiger partial charge in [0.05, 0.1) is 15.4 Å². The van der Waals surface area contributed by atoms with E-state index in [1.165, 1.54) is 11.3 Å². The van der Waals surface area contributed by atoms with E-state index in [2.05, 4.69) is 0 Å². The molecular formula is C31H35Cl2F2N3O3S2. The number of aliphatic hydroxyl groups excluding tert-OH is 2. The molecule has 1 atom stereocenters. The third kappa shape index (κ3) is 7.23. The van der Waals surface area contributed by atoms with Crippen LogP contribution in [0.1, 0.15) is 41.8 Å². The Hall–Kier alpha value is -1.76. The van der Waals surface area contributed by atoms with Crippen LogP contribution in [-0.2, 0) is 0 Å². The number of hydrogen-bond donors (Lipinski definition) is 3. The fraction of sp³-hybridized carbons (Fsp3) is 0.452. The maximum absolute atomic E-state index is 13.9. The first-order chi connectivity index (χ1) is 20.5. The molecule has 3 aromatic rings. The number of nitrogens with two attached hydrogens (primary N) is 1. The van der Waals surface area contributed by atoms with E-state index < -0.39 is 17.7 Å². The summed E-state index contributed by atoms with van der Waals surface area (Å²) in [7, 11) is 0. The van der Waals surface area contributed by atoms with Crippen molar-refractivity contribution in [2.24, 2.45) is 5.73 Å². The monoisotopic (exact) mass is 669 g/mol. The number of thioether (sulfide) groups is 1. The number of halogens is 4. The third-order valence-corrected chi connectivity index (χ3v) is 11.2. The van der Waals surface area contributed by atoms with Gasteiger partial charge in [-0.05, 0) is 55.2 Å². The van der Waals surface area contributed by atoms with Gasteiger partial charge in [-0.15, -0.1) is 23.1 Å². The number of alkyl halides is 2. The van der Waals surface area contributed by atoms with Crippen molar-refractivity contribution in [1.29, 1.82) is 0 Å². The van der Waals surface area contributed by atoms with Crippen molar-refractivity contribution in [3.05, 3.63) is 63.5 Å². The lowest BCUT2D eigenvalue weighted by Gasteiger charge is -2.52. The fourth-order valence-electron chi connectivity index (χ4n) is 5.90. The Kier molecular flexibility index (Phi) is 10.4. The van der Waals surface area contributed by atoms with E-state index in [-0.39, 0.29) is 38.4 Å². The van der Waals surface area contributed by atoms with Gasteiger partial charge in [-0.25, -0.2) is 8.78 Å². The van der Waals surface area contributed by atoms with E-state index in [1.807, 2.05) is 41.3 Å². The van der Waals surface area contributed by atoms with E-state index in [0.29, 0.717) is 40.9 Å². The average Bonchev–Trinajstić information content (AvgIpc) is 3.42. The van der Waals surface area contributed by atoms with Gasteiger partial charge in [0.2, 0.25) is 0 Å². The quantitative estimate of drug-likeness (QED) is 0.131. The number of piperidine rings is 2. The number of thiophene rings is 1. The van der Waals surface area contributed by atoms with Gasteiger partial charge in [0.1, 0.15) is 6.23 Å². The van der Waals surface area contributed by atoms with Gasteiger partial charge >= 0.3 is 0 Å². The summed E-state index contributed by atoms with van der Waals surface area (Å²) >= 11 is 15.8. The zero-order valence-corrected chi connectivity index (χ0v) is 26.7. The fourth-order valence-corrected chi connectivity index (χ4v) is 8.49. The van der Waals surface area contributed by atoms with Crippen molar-refractivity contribution < 1.29 is 23.8 Å². The van der Waals surface area contributed by atoms with E-state index in [4.69, 9.17) is 34.0 Å². The summed E-state index contributed by atoms with van der Waals surface area (Å²) in [5, 5.41) is 20.7. The molecule has 1 aromatic heterocycles. The number of nitrogens with zero attached hydrogens (tertiary/aromatic N) is 2. The van der Waals surface area contributed by atoms with Crippen LogP contribution in [0, 0.1) is 0 Å². The molecule has 0 saturated carbocycles. The summed E-state index contributed by atoms with van der Waals surface area (Å²) < 4.78 is 27.7. The van der Waals surface area contributed by atoms with E-state index >= 15 is 0 Å². The Bertz CT molecular complexity index is 1420. The summed E-state index contributed by atoms with van der Waals surface area (Å²) in [4.78, 5) is 20.0. The van der Waals surface area contributed by atoms with Crippen LogP contribution in [0.25, 0.3) is 21.6 Å². The second-order valence-electron chi connectivity index (χ2n) is 11.1. The van der Waals surface area contributed by atoms with Crippen LogP contribution < -0.4 is 5.73 Å². The molecular weight excluding hydrogens is 635 g/mol. The highest BCUT2D eigenvalue weighted by atomic mass is 35.5. The van der Waals surface area contributed by atoms with Crippen molar-refractivity contribution in [1.82, 2.24) is 9.80 Å². The molecule has 4 N–H and O–H groups in total. The molecule has 1 unspecified atom stereocenters. The highest BCUT2D eigenvalue weighted by Gasteiger charge is 2.48. The van der Waals surface area contributed by atoms with Crippen molar-refractivity contribution in [2.45, 2.75) is 54.7 Å². The second kappa shape index (κ2) is 13.7. The summed E-state index contributed by atoms with van der Waals surface area (Å²) in [6.07, 6.45) is -0.219. The standard InChI is InChI=1S/C31H35Cl2F2N3O3S2/c32-21-4-7-23(25(33)18-21)27-24(20-2-5-22(6-3-20)42-17-1-16-39)19-26(43-27)28(40)37-12-8-30(9-13-37,29(36)41)38-14-10-31(34,35)11-15-38/h2-7,18-19,29,39,41H,1,8-17,36H2. The summed E-state index contributed by atoms with van der Waals surface area (Å²) in [6.45, 7) is 1.18. The minimum absolute atomic E-state index is 0.135. The van der Waals surface area contributed by atoms with Gasteiger partial charge in [-0.3, -0.25) is 9.69 Å². The molecule has 12 heteroatoms. The van der Waals surface area contributed by atoms with Crippen LogP contribution in [0.2, 0.25) is 10.0 Å². The number of amides is 1. The van der Waals surface area contributed by atoms with E-state index in [0.717, 1.165) is 38.6 Å². The molecule has 6 nitrogen and oxygen atoms in total. The van der Waals surface area contributed by atoms with Crippen molar-refractivity contribution >= 4 is 52.2 Å². The molecule has 2 aliphatic rings. The highest BCUT2D eigenvalue weighted by Crippen LogP contribution is 2.44. The largest absolute Gasteiger partial charge is 0.396 e. The van der Waals surface area contributed by atoms with Gasteiger partial charge in [-0.1, -0.05) is 41.4 Å². The predicted molar refractivity (Wildman–Crippen MR) is 171 cm³/mol. The van der Waals surface area contributed by atoms with Gasteiger partial charge in [-0.2, -0.15) is 0 Å². The minimum Gasteiger partial charge on any atom is -0.396 e. The molecule has 2 saturated heterocycles. The normalized spacial score (nSPS) is 19.4. The summed E-state index contributed by atoms with van der Waals surface area (Å²) in [6, 6.07) is 15.3. The van der Waals surface area contributed by atoms with Gasteiger partial charge in [0.25, 0.3) is 11.8 Å². The predicted octanol–water partition coefficient (Wildman–Crippen LogP) is 6.85. The molecule has 2 aromatic carbocycles. The molecule has 0 radical (unpaired) electrons. The minimum atomic E-state index is -2.70. The van der Waals surface area contributed by atoms with E-state index in [1.54, 1.807) is 28.8 Å². The SMILES string of the molecule is NC(O)C1(N2CCC(F)(F)CC2)CCN(C(=O)c2cc(-c3ccc(SCCCO)cc3)c(-c3ccc(Cl)cc3Cl)s2)CC1. The first-order valence-corrected chi connectivity index (χ1v) is 16.9. The van der Waals surface area contributed by atoms with E-state index in [9.17, 15) is 18.7 Å². The Morgan fingerprint density at radius 2 is 1.67 bits per heavy atom. The van der Waals surface area contributed by atoms with Gasteiger partial charge in [0.15, 0.2) is 0 Å². The topological polar surface area (TPSA) is 90.0 Å². The van der Waals surface area contributed by atoms with Crippen molar-refractivity contribution in [3.63, 3.8) is 0 Å². The van der Waals surface area contributed by atoms with Crippen molar-refractivity contribution in [2.75, 3.05) is 38.5 Å². The number of carbonyl (C=O) groups excluding carboxylic acids is 1. The molecule has 43 heavy (non-hydrogen) atoms. The van der Waals surface area contributed by atoms with Crippen LogP contribution in [0.15, 0.2) is 53.4 Å².